The molecule has 3 aromatic heterocycles. The first-order chi connectivity index (χ1) is 14.5. The first-order valence-electron chi connectivity index (χ1n) is 9.80. The van der Waals surface area contributed by atoms with Gasteiger partial charge in [0.25, 0.3) is 0 Å². The average molecular weight is 401 g/mol. The molecule has 30 heavy (non-hydrogen) atoms. The Kier molecular flexibility index (Phi) is 5.38. The minimum atomic E-state index is -0.363. The van der Waals surface area contributed by atoms with Crippen molar-refractivity contribution in [2.24, 2.45) is 0 Å². The molecule has 1 atom stereocenters. The van der Waals surface area contributed by atoms with Crippen LogP contribution >= 0.6 is 0 Å². The number of aryl methyl sites for hydroxylation is 2. The molecule has 8 nitrogen and oxygen atoms in total. The summed E-state index contributed by atoms with van der Waals surface area (Å²) in [4.78, 5) is 25.3. The summed E-state index contributed by atoms with van der Waals surface area (Å²) >= 11 is 0. The van der Waals surface area contributed by atoms with Crippen LogP contribution in [0.3, 0.4) is 0 Å². The van der Waals surface area contributed by atoms with Crippen LogP contribution in [-0.4, -0.2) is 26.7 Å². The van der Waals surface area contributed by atoms with Gasteiger partial charge in [0.2, 0.25) is 0 Å². The molecule has 152 valence electrons. The van der Waals surface area contributed by atoms with Gasteiger partial charge in [0.1, 0.15) is 5.82 Å². The van der Waals surface area contributed by atoms with E-state index in [4.69, 9.17) is 11.1 Å². The summed E-state index contributed by atoms with van der Waals surface area (Å²) in [5.41, 5.74) is 10.9. The van der Waals surface area contributed by atoms with Crippen molar-refractivity contribution in [1.29, 1.82) is 5.41 Å². The Hall–Kier alpha value is -3.81. The molecular formula is C22H23N7O. The fourth-order valence-corrected chi connectivity index (χ4v) is 3.67. The van der Waals surface area contributed by atoms with E-state index in [9.17, 15) is 4.79 Å². The van der Waals surface area contributed by atoms with Crippen LogP contribution in [0.5, 0.6) is 0 Å². The number of aromatic nitrogens is 3. The van der Waals surface area contributed by atoms with Crippen molar-refractivity contribution in [3.05, 3.63) is 77.0 Å². The molecule has 1 aliphatic rings. The highest BCUT2D eigenvalue weighted by Crippen LogP contribution is 2.27. The molecule has 5 N–H and O–H groups in total. The van der Waals surface area contributed by atoms with E-state index in [0.717, 1.165) is 30.7 Å². The van der Waals surface area contributed by atoms with Gasteiger partial charge in [-0.2, -0.15) is 0 Å². The topological polar surface area (TPSA) is 130 Å². The van der Waals surface area contributed by atoms with Crippen LogP contribution in [0.25, 0.3) is 0 Å². The molecule has 0 aromatic carbocycles. The summed E-state index contributed by atoms with van der Waals surface area (Å²) in [5, 5.41) is 14.1. The van der Waals surface area contributed by atoms with Gasteiger partial charge in [-0.05, 0) is 49.9 Å². The third-order valence-corrected chi connectivity index (χ3v) is 5.13. The van der Waals surface area contributed by atoms with E-state index in [0.29, 0.717) is 22.6 Å². The molecule has 4 rings (SSSR count). The van der Waals surface area contributed by atoms with E-state index in [1.54, 1.807) is 24.5 Å². The summed E-state index contributed by atoms with van der Waals surface area (Å²) in [5.74, 6) is 0.324. The van der Waals surface area contributed by atoms with Crippen molar-refractivity contribution in [3.8, 4) is 0 Å². The molecule has 0 spiro atoms. The van der Waals surface area contributed by atoms with Gasteiger partial charge in [0, 0.05) is 47.2 Å². The molecular weight excluding hydrogens is 378 g/mol. The Morgan fingerprint density at radius 1 is 1.20 bits per heavy atom. The fraction of sp³-hybridized carbons (Fsp3) is 0.227. The molecule has 0 aliphatic heterocycles. The number of pyridine rings is 3. The molecule has 2 amide bonds. The number of nitrogens with zero attached hydrogens (tertiary/aromatic N) is 3. The Morgan fingerprint density at radius 3 is 2.87 bits per heavy atom. The summed E-state index contributed by atoms with van der Waals surface area (Å²) in [7, 11) is 0. The molecule has 0 fully saturated rings. The summed E-state index contributed by atoms with van der Waals surface area (Å²) in [6.45, 7) is 1.87. The number of nitrogen functional groups attached to an aromatic ring is 1. The second kappa shape index (κ2) is 8.28. The smallest absolute Gasteiger partial charge is 0.320 e. The van der Waals surface area contributed by atoms with Crippen LogP contribution in [0, 0.1) is 12.3 Å². The Labute approximate surface area is 174 Å². The first kappa shape index (κ1) is 19.5. The van der Waals surface area contributed by atoms with Gasteiger partial charge in [-0.25, -0.2) is 9.78 Å². The number of rotatable bonds is 4. The lowest BCUT2D eigenvalue weighted by Gasteiger charge is -2.25. The van der Waals surface area contributed by atoms with E-state index < -0.39 is 0 Å². The van der Waals surface area contributed by atoms with Crippen molar-refractivity contribution in [3.63, 3.8) is 0 Å². The number of hydrogen-bond donors (Lipinski definition) is 4. The zero-order valence-corrected chi connectivity index (χ0v) is 16.6. The van der Waals surface area contributed by atoms with E-state index >= 15 is 0 Å². The van der Waals surface area contributed by atoms with Gasteiger partial charge < -0.3 is 11.1 Å². The zero-order chi connectivity index (χ0) is 21.1. The van der Waals surface area contributed by atoms with Gasteiger partial charge in [0.15, 0.2) is 0 Å². The normalized spacial score (nSPS) is 15.2. The Balaban J connectivity index is 1.45. The van der Waals surface area contributed by atoms with Crippen molar-refractivity contribution in [1.82, 2.24) is 20.3 Å². The molecule has 0 saturated carbocycles. The van der Waals surface area contributed by atoms with E-state index in [1.807, 2.05) is 25.1 Å². The molecule has 0 saturated heterocycles. The van der Waals surface area contributed by atoms with Crippen LogP contribution in [0.2, 0.25) is 0 Å². The number of hydrogen-bond acceptors (Lipinski definition) is 6. The highest BCUT2D eigenvalue weighted by Gasteiger charge is 2.23. The quantitative estimate of drug-likeness (QED) is 0.498. The third kappa shape index (κ3) is 4.12. The second-order valence-corrected chi connectivity index (χ2v) is 7.31. The number of amides is 2. The van der Waals surface area contributed by atoms with Crippen LogP contribution in [0.4, 0.5) is 16.3 Å². The maximum absolute atomic E-state index is 12.5. The number of carbonyl (C=O) groups is 1. The Morgan fingerprint density at radius 2 is 2.07 bits per heavy atom. The van der Waals surface area contributed by atoms with Crippen LogP contribution in [0.1, 0.15) is 47.0 Å². The minimum absolute atomic E-state index is 0.130. The number of anilines is 2. The SMILES string of the molecule is Cc1cc(C(=N)c2cnc(NC(=O)NC3CCCc4cccnc43)cc2N)ccn1. The van der Waals surface area contributed by atoms with Gasteiger partial charge in [-0.15, -0.1) is 0 Å². The largest absolute Gasteiger partial charge is 0.398 e. The van der Waals surface area contributed by atoms with Crippen molar-refractivity contribution in [2.75, 3.05) is 11.1 Å². The lowest BCUT2D eigenvalue weighted by Crippen LogP contribution is -2.35. The van der Waals surface area contributed by atoms with Gasteiger partial charge in [-0.1, -0.05) is 6.07 Å². The van der Waals surface area contributed by atoms with Crippen LogP contribution < -0.4 is 16.4 Å². The predicted octanol–water partition coefficient (Wildman–Crippen LogP) is 3.38. The lowest BCUT2D eigenvalue weighted by atomic mass is 9.92. The molecule has 3 heterocycles. The first-order valence-corrected chi connectivity index (χ1v) is 9.80. The highest BCUT2D eigenvalue weighted by molar-refractivity contribution is 6.13. The summed E-state index contributed by atoms with van der Waals surface area (Å²) in [6, 6.07) is 8.61. The van der Waals surface area contributed by atoms with Crippen molar-refractivity contribution >= 4 is 23.2 Å². The maximum Gasteiger partial charge on any atom is 0.320 e. The number of nitrogens with two attached hydrogens (primary N) is 1. The number of fused-ring (bicyclic) bond motifs is 1. The number of nitrogens with one attached hydrogen (secondary N) is 3. The maximum atomic E-state index is 12.5. The highest BCUT2D eigenvalue weighted by atomic mass is 16.2. The average Bonchev–Trinajstić information content (AvgIpc) is 2.74. The van der Waals surface area contributed by atoms with Crippen molar-refractivity contribution in [2.45, 2.75) is 32.2 Å². The molecule has 8 heteroatoms. The van der Waals surface area contributed by atoms with Gasteiger partial charge in [-0.3, -0.25) is 20.7 Å². The van der Waals surface area contributed by atoms with Gasteiger partial charge >= 0.3 is 6.03 Å². The van der Waals surface area contributed by atoms with Crippen LogP contribution in [0.15, 0.2) is 48.9 Å². The van der Waals surface area contributed by atoms with Crippen molar-refractivity contribution < 1.29 is 4.79 Å². The third-order valence-electron chi connectivity index (χ3n) is 5.13. The second-order valence-electron chi connectivity index (χ2n) is 7.31. The minimum Gasteiger partial charge on any atom is -0.398 e. The van der Waals surface area contributed by atoms with Crippen LogP contribution in [-0.2, 0) is 6.42 Å². The monoisotopic (exact) mass is 401 g/mol. The zero-order valence-electron chi connectivity index (χ0n) is 16.6. The predicted molar refractivity (Wildman–Crippen MR) is 116 cm³/mol. The van der Waals surface area contributed by atoms with E-state index in [-0.39, 0.29) is 17.8 Å². The number of urea groups is 1. The van der Waals surface area contributed by atoms with E-state index in [2.05, 4.69) is 25.6 Å². The standard InChI is InChI=1S/C22H23N7O/c1-13-10-15(7-9-25-13)20(24)16-12-27-19(11-17(16)23)29-22(30)28-18-6-2-4-14-5-3-8-26-21(14)18/h3,5,7-12,18,24H,2,4,6H2,1H3,(H4,23,27,28,29,30). The lowest BCUT2D eigenvalue weighted by molar-refractivity contribution is 0.246. The Bertz CT molecular complexity index is 1110. The summed E-state index contributed by atoms with van der Waals surface area (Å²) < 4.78 is 0. The van der Waals surface area contributed by atoms with Gasteiger partial charge in [0.05, 0.1) is 17.4 Å². The molecule has 0 radical (unpaired) electrons. The van der Waals surface area contributed by atoms with E-state index in [1.165, 1.54) is 11.8 Å². The molecule has 0 bridgehead atoms. The molecule has 1 aliphatic carbocycles. The fourth-order valence-electron chi connectivity index (χ4n) is 3.67. The molecule has 3 aromatic rings. The summed E-state index contributed by atoms with van der Waals surface area (Å²) in [6.07, 6.45) is 7.72. The molecule has 1 unspecified atom stereocenters. The number of carbonyl (C=O) groups excluding carboxylic acids is 1.